The van der Waals surface area contributed by atoms with Gasteiger partial charge in [-0.05, 0) is 43.2 Å². The van der Waals surface area contributed by atoms with Crippen molar-refractivity contribution in [1.82, 2.24) is 4.31 Å². The number of rotatable bonds is 5. The van der Waals surface area contributed by atoms with Crippen molar-refractivity contribution in [3.63, 3.8) is 0 Å². The SMILES string of the molecule is COc1ccc(S(=O)(=O)N2CCC(C3C=CCC=C3)CC2)cc1OC. The molecule has 6 heteroatoms. The van der Waals surface area contributed by atoms with E-state index in [0.29, 0.717) is 36.4 Å². The molecule has 136 valence electrons. The van der Waals surface area contributed by atoms with Crippen molar-refractivity contribution in [2.45, 2.75) is 24.2 Å². The number of ether oxygens (including phenoxy) is 2. The normalized spacial score (nSPS) is 19.9. The molecule has 1 aliphatic carbocycles. The number of nitrogens with zero attached hydrogens (tertiary/aromatic N) is 1. The minimum atomic E-state index is -3.51. The van der Waals surface area contributed by atoms with Gasteiger partial charge in [-0.2, -0.15) is 4.31 Å². The quantitative estimate of drug-likeness (QED) is 0.754. The summed E-state index contributed by atoms with van der Waals surface area (Å²) in [5.41, 5.74) is 0. The van der Waals surface area contributed by atoms with Gasteiger partial charge in [0.15, 0.2) is 11.5 Å². The molecule has 0 N–H and O–H groups in total. The molecule has 0 saturated carbocycles. The predicted octanol–water partition coefficient (Wildman–Crippen LogP) is 3.24. The van der Waals surface area contributed by atoms with Crippen molar-refractivity contribution in [3.05, 3.63) is 42.5 Å². The van der Waals surface area contributed by atoms with Crippen LogP contribution in [-0.4, -0.2) is 40.0 Å². The summed E-state index contributed by atoms with van der Waals surface area (Å²) < 4.78 is 37.9. The first-order valence-corrected chi connectivity index (χ1v) is 10.1. The summed E-state index contributed by atoms with van der Waals surface area (Å²) in [4.78, 5) is 0.251. The molecule has 3 rings (SSSR count). The molecule has 1 aliphatic heterocycles. The molecule has 25 heavy (non-hydrogen) atoms. The number of hydrogen-bond acceptors (Lipinski definition) is 4. The maximum absolute atomic E-state index is 12.9. The zero-order chi connectivity index (χ0) is 17.9. The lowest BCUT2D eigenvalue weighted by Gasteiger charge is -2.34. The van der Waals surface area contributed by atoms with Gasteiger partial charge in [0.1, 0.15) is 0 Å². The molecule has 0 amide bonds. The third-order valence-electron chi connectivity index (χ3n) is 5.02. The molecule has 0 atom stereocenters. The molecular weight excluding hydrogens is 338 g/mol. The fraction of sp³-hybridized carbons (Fsp3) is 0.474. The van der Waals surface area contributed by atoms with E-state index in [1.807, 2.05) is 0 Å². The highest BCUT2D eigenvalue weighted by Gasteiger charge is 2.32. The fourth-order valence-electron chi connectivity index (χ4n) is 3.56. The summed E-state index contributed by atoms with van der Waals surface area (Å²) in [5.74, 6) is 1.91. The standard InChI is InChI=1S/C19H25NO4S/c1-23-18-9-8-17(14-19(18)24-2)25(21,22)20-12-10-16(11-13-20)15-6-4-3-5-7-15/h4-9,14-16H,3,10-13H2,1-2H3. The van der Waals surface area contributed by atoms with Gasteiger partial charge < -0.3 is 9.47 Å². The molecule has 1 heterocycles. The van der Waals surface area contributed by atoms with Crippen LogP contribution < -0.4 is 9.47 Å². The van der Waals surface area contributed by atoms with Gasteiger partial charge in [-0.3, -0.25) is 0 Å². The van der Waals surface area contributed by atoms with Crippen LogP contribution in [0.3, 0.4) is 0 Å². The molecule has 0 unspecified atom stereocenters. The number of piperidine rings is 1. The third kappa shape index (κ3) is 3.75. The predicted molar refractivity (Wildman–Crippen MR) is 97.4 cm³/mol. The van der Waals surface area contributed by atoms with Crippen molar-refractivity contribution in [3.8, 4) is 11.5 Å². The Morgan fingerprint density at radius 1 is 1.00 bits per heavy atom. The number of benzene rings is 1. The lowest BCUT2D eigenvalue weighted by Crippen LogP contribution is -2.39. The van der Waals surface area contributed by atoms with Gasteiger partial charge >= 0.3 is 0 Å². The Labute approximate surface area is 150 Å². The lowest BCUT2D eigenvalue weighted by atomic mass is 9.83. The smallest absolute Gasteiger partial charge is 0.243 e. The molecule has 5 nitrogen and oxygen atoms in total. The summed E-state index contributed by atoms with van der Waals surface area (Å²) in [6, 6.07) is 4.75. The average Bonchev–Trinajstić information content (AvgIpc) is 2.68. The van der Waals surface area contributed by atoms with Gasteiger partial charge in [0.25, 0.3) is 0 Å². The Morgan fingerprint density at radius 3 is 2.24 bits per heavy atom. The van der Waals surface area contributed by atoms with Crippen LogP contribution >= 0.6 is 0 Å². The van der Waals surface area contributed by atoms with Crippen molar-refractivity contribution < 1.29 is 17.9 Å². The molecule has 0 aromatic heterocycles. The van der Waals surface area contributed by atoms with E-state index >= 15 is 0 Å². The molecule has 2 aliphatic rings. The minimum absolute atomic E-state index is 0.251. The Bertz CT molecular complexity index is 750. The third-order valence-corrected chi connectivity index (χ3v) is 6.92. The molecule has 0 bridgehead atoms. The highest BCUT2D eigenvalue weighted by atomic mass is 32.2. The zero-order valence-electron chi connectivity index (χ0n) is 14.7. The maximum Gasteiger partial charge on any atom is 0.243 e. The first-order chi connectivity index (χ1) is 12.1. The van der Waals surface area contributed by atoms with E-state index in [9.17, 15) is 8.42 Å². The highest BCUT2D eigenvalue weighted by molar-refractivity contribution is 7.89. The summed E-state index contributed by atoms with van der Waals surface area (Å²) >= 11 is 0. The second-order valence-corrected chi connectivity index (χ2v) is 8.37. The first-order valence-electron chi connectivity index (χ1n) is 8.61. The Hall–Kier alpha value is -1.79. The zero-order valence-corrected chi connectivity index (χ0v) is 15.5. The van der Waals surface area contributed by atoms with Gasteiger partial charge in [0.2, 0.25) is 10.0 Å². The van der Waals surface area contributed by atoms with Crippen molar-refractivity contribution >= 4 is 10.0 Å². The average molecular weight is 363 g/mol. The Balaban J connectivity index is 1.72. The maximum atomic E-state index is 12.9. The van der Waals surface area contributed by atoms with Crippen LogP contribution in [0.25, 0.3) is 0 Å². The molecule has 0 radical (unpaired) electrons. The van der Waals surface area contributed by atoms with E-state index in [2.05, 4.69) is 24.3 Å². The van der Waals surface area contributed by atoms with E-state index < -0.39 is 10.0 Å². The first kappa shape index (κ1) is 18.0. The van der Waals surface area contributed by atoms with Crippen molar-refractivity contribution in [1.29, 1.82) is 0 Å². The van der Waals surface area contributed by atoms with Gasteiger partial charge in [-0.15, -0.1) is 0 Å². The minimum Gasteiger partial charge on any atom is -0.493 e. The van der Waals surface area contributed by atoms with Crippen molar-refractivity contribution in [2.24, 2.45) is 11.8 Å². The largest absolute Gasteiger partial charge is 0.493 e. The molecule has 1 aromatic rings. The molecule has 1 fully saturated rings. The van der Waals surface area contributed by atoms with Gasteiger partial charge in [-0.1, -0.05) is 24.3 Å². The van der Waals surface area contributed by atoms with Crippen LogP contribution in [0.2, 0.25) is 0 Å². The molecular formula is C19H25NO4S. The van der Waals surface area contributed by atoms with E-state index in [0.717, 1.165) is 19.3 Å². The van der Waals surface area contributed by atoms with E-state index in [-0.39, 0.29) is 4.90 Å². The van der Waals surface area contributed by atoms with Gasteiger partial charge in [0.05, 0.1) is 19.1 Å². The molecule has 0 spiro atoms. The second-order valence-electron chi connectivity index (χ2n) is 6.43. The number of allylic oxidation sites excluding steroid dienone is 4. The summed E-state index contributed by atoms with van der Waals surface area (Å²) in [6.07, 6.45) is 11.7. The summed E-state index contributed by atoms with van der Waals surface area (Å²) in [6.45, 7) is 1.11. The Morgan fingerprint density at radius 2 is 1.64 bits per heavy atom. The second kappa shape index (κ2) is 7.62. The topological polar surface area (TPSA) is 55.8 Å². The monoisotopic (exact) mass is 363 g/mol. The lowest BCUT2D eigenvalue weighted by molar-refractivity contribution is 0.249. The van der Waals surface area contributed by atoms with Crippen LogP contribution in [0.4, 0.5) is 0 Å². The summed E-state index contributed by atoms with van der Waals surface area (Å²) in [7, 11) is -0.474. The van der Waals surface area contributed by atoms with Crippen LogP contribution in [0.5, 0.6) is 11.5 Å². The van der Waals surface area contributed by atoms with E-state index in [4.69, 9.17) is 9.47 Å². The molecule has 1 aromatic carbocycles. The van der Waals surface area contributed by atoms with Gasteiger partial charge in [-0.25, -0.2) is 8.42 Å². The summed E-state index contributed by atoms with van der Waals surface area (Å²) in [5, 5.41) is 0. The molecule has 1 saturated heterocycles. The number of hydrogen-bond donors (Lipinski definition) is 0. The van der Waals surface area contributed by atoms with Crippen LogP contribution in [0.1, 0.15) is 19.3 Å². The Kier molecular flexibility index (Phi) is 5.49. The van der Waals surface area contributed by atoms with E-state index in [1.165, 1.54) is 20.3 Å². The van der Waals surface area contributed by atoms with Crippen LogP contribution in [0, 0.1) is 11.8 Å². The number of methoxy groups -OCH3 is 2. The van der Waals surface area contributed by atoms with E-state index in [1.54, 1.807) is 16.4 Å². The number of sulfonamides is 1. The van der Waals surface area contributed by atoms with Crippen LogP contribution in [0.15, 0.2) is 47.4 Å². The van der Waals surface area contributed by atoms with Gasteiger partial charge in [0, 0.05) is 19.2 Å². The van der Waals surface area contributed by atoms with Crippen LogP contribution in [-0.2, 0) is 10.0 Å². The fourth-order valence-corrected chi connectivity index (χ4v) is 5.04. The van der Waals surface area contributed by atoms with Crippen molar-refractivity contribution in [2.75, 3.05) is 27.3 Å². The highest BCUT2D eigenvalue weighted by Crippen LogP contribution is 2.34.